The molecule has 1 fully saturated rings. The van der Waals surface area contributed by atoms with Crippen molar-refractivity contribution < 1.29 is 38.7 Å². The van der Waals surface area contributed by atoms with E-state index in [4.69, 9.17) is 18.6 Å². The van der Waals surface area contributed by atoms with Gasteiger partial charge in [-0.15, -0.1) is 0 Å². The van der Waals surface area contributed by atoms with Gasteiger partial charge in [-0.2, -0.15) is 0 Å². The minimum absolute atomic E-state index is 0.0388. The maximum absolute atomic E-state index is 13.0. The fourth-order valence-electron chi connectivity index (χ4n) is 3.57. The van der Waals surface area contributed by atoms with Crippen LogP contribution in [-0.2, 0) is 4.74 Å². The summed E-state index contributed by atoms with van der Waals surface area (Å²) < 4.78 is 22.2. The SMILES string of the molecule is COc1ccc(-c2cc(=O)c3c(OC4OC(C)C(O)C(O)C4O)cc(C=O)cc3o2)cc1. The van der Waals surface area contributed by atoms with Crippen LogP contribution in [0.15, 0.2) is 51.7 Å². The first kappa shape index (κ1) is 22.0. The van der Waals surface area contributed by atoms with Crippen LogP contribution in [-0.4, -0.2) is 59.4 Å². The number of methoxy groups -OCH3 is 1. The topological polar surface area (TPSA) is 136 Å². The lowest BCUT2D eigenvalue weighted by Gasteiger charge is -2.39. The second-order valence-electron chi connectivity index (χ2n) is 7.51. The highest BCUT2D eigenvalue weighted by atomic mass is 16.7. The summed E-state index contributed by atoms with van der Waals surface area (Å²) in [5.41, 5.74) is 0.451. The molecule has 1 aromatic heterocycles. The van der Waals surface area contributed by atoms with E-state index in [0.29, 0.717) is 17.6 Å². The van der Waals surface area contributed by atoms with Crippen LogP contribution in [0.1, 0.15) is 17.3 Å². The van der Waals surface area contributed by atoms with Crippen LogP contribution in [0.5, 0.6) is 11.5 Å². The lowest BCUT2D eigenvalue weighted by Crippen LogP contribution is -2.58. The van der Waals surface area contributed by atoms with Crippen molar-refractivity contribution in [1.29, 1.82) is 0 Å². The summed E-state index contributed by atoms with van der Waals surface area (Å²) in [6.45, 7) is 1.51. The molecule has 1 aliphatic heterocycles. The van der Waals surface area contributed by atoms with E-state index in [0.717, 1.165) is 0 Å². The van der Waals surface area contributed by atoms with Gasteiger partial charge in [0.2, 0.25) is 6.29 Å². The van der Waals surface area contributed by atoms with E-state index in [1.165, 1.54) is 25.1 Å². The first-order chi connectivity index (χ1) is 15.3. The molecule has 0 bridgehead atoms. The van der Waals surface area contributed by atoms with Crippen LogP contribution in [0.3, 0.4) is 0 Å². The number of aliphatic hydroxyl groups excluding tert-OH is 3. The molecule has 0 saturated carbocycles. The molecule has 3 N–H and O–H groups in total. The standard InChI is InChI=1S/C23H22O9/c1-11-20(26)21(27)22(28)23(30-11)32-18-8-12(10-24)7-17-19(18)15(25)9-16(31-17)13-3-5-14(29-2)6-4-13/h3-11,20-23,26-28H,1-2H3. The number of fused-ring (bicyclic) bond motifs is 1. The van der Waals surface area contributed by atoms with E-state index in [1.807, 2.05) is 0 Å². The lowest BCUT2D eigenvalue weighted by molar-refractivity contribution is -0.267. The minimum Gasteiger partial charge on any atom is -0.497 e. The molecular formula is C23H22O9. The highest BCUT2D eigenvalue weighted by Crippen LogP contribution is 2.32. The zero-order chi connectivity index (χ0) is 23.0. The first-order valence-electron chi connectivity index (χ1n) is 9.90. The van der Waals surface area contributed by atoms with Crippen LogP contribution in [0.4, 0.5) is 0 Å². The number of hydrogen-bond acceptors (Lipinski definition) is 9. The van der Waals surface area contributed by atoms with Gasteiger partial charge in [-0.25, -0.2) is 0 Å². The average molecular weight is 442 g/mol. The Balaban J connectivity index is 1.78. The van der Waals surface area contributed by atoms with Crippen molar-refractivity contribution in [2.75, 3.05) is 7.11 Å². The smallest absolute Gasteiger partial charge is 0.229 e. The number of carbonyl (C=O) groups is 1. The van der Waals surface area contributed by atoms with Crippen LogP contribution >= 0.6 is 0 Å². The Morgan fingerprint density at radius 3 is 2.38 bits per heavy atom. The molecule has 9 nitrogen and oxygen atoms in total. The van der Waals surface area contributed by atoms with Gasteiger partial charge in [0.1, 0.15) is 52.8 Å². The third-order valence-electron chi connectivity index (χ3n) is 5.38. The van der Waals surface area contributed by atoms with Crippen LogP contribution in [0.2, 0.25) is 0 Å². The van der Waals surface area contributed by atoms with Gasteiger partial charge < -0.3 is 33.9 Å². The first-order valence-corrected chi connectivity index (χ1v) is 9.90. The minimum atomic E-state index is -1.58. The molecule has 4 rings (SSSR count). The third-order valence-corrected chi connectivity index (χ3v) is 5.38. The van der Waals surface area contributed by atoms with E-state index in [2.05, 4.69) is 0 Å². The molecule has 1 saturated heterocycles. The number of aliphatic hydroxyl groups is 3. The average Bonchev–Trinajstić information content (AvgIpc) is 2.80. The van der Waals surface area contributed by atoms with Gasteiger partial charge >= 0.3 is 0 Å². The van der Waals surface area contributed by atoms with E-state index >= 15 is 0 Å². The Morgan fingerprint density at radius 2 is 1.72 bits per heavy atom. The van der Waals surface area contributed by atoms with Crippen molar-refractivity contribution in [2.24, 2.45) is 0 Å². The fourth-order valence-corrected chi connectivity index (χ4v) is 3.57. The van der Waals surface area contributed by atoms with Gasteiger partial charge in [-0.3, -0.25) is 9.59 Å². The Bertz CT molecular complexity index is 1180. The lowest BCUT2D eigenvalue weighted by atomic mass is 10.00. The molecular weight excluding hydrogens is 420 g/mol. The van der Waals surface area contributed by atoms with Crippen molar-refractivity contribution in [1.82, 2.24) is 0 Å². The highest BCUT2D eigenvalue weighted by molar-refractivity contribution is 5.91. The van der Waals surface area contributed by atoms with Gasteiger partial charge in [-0.05, 0) is 43.3 Å². The summed E-state index contributed by atoms with van der Waals surface area (Å²) in [7, 11) is 1.54. The number of rotatable bonds is 5. The van der Waals surface area contributed by atoms with Crippen LogP contribution in [0, 0.1) is 0 Å². The predicted octanol–water partition coefficient (Wildman–Crippen LogP) is 1.49. The van der Waals surface area contributed by atoms with Gasteiger partial charge in [0.25, 0.3) is 0 Å². The molecule has 168 valence electrons. The Labute approximate surface area is 182 Å². The molecule has 5 unspecified atom stereocenters. The molecule has 0 amide bonds. The molecule has 3 aromatic rings. The molecule has 9 heteroatoms. The van der Waals surface area contributed by atoms with Crippen molar-refractivity contribution in [3.05, 3.63) is 58.3 Å². The van der Waals surface area contributed by atoms with Crippen molar-refractivity contribution >= 4 is 17.3 Å². The zero-order valence-corrected chi connectivity index (χ0v) is 17.3. The predicted molar refractivity (Wildman–Crippen MR) is 113 cm³/mol. The maximum Gasteiger partial charge on any atom is 0.229 e. The molecule has 32 heavy (non-hydrogen) atoms. The molecule has 0 spiro atoms. The maximum atomic E-state index is 13.0. The monoisotopic (exact) mass is 442 g/mol. The van der Waals surface area contributed by atoms with Crippen molar-refractivity contribution in [2.45, 2.75) is 37.6 Å². The number of benzene rings is 2. The number of hydrogen-bond donors (Lipinski definition) is 3. The summed E-state index contributed by atoms with van der Waals surface area (Å²) in [4.78, 5) is 24.4. The van der Waals surface area contributed by atoms with Gasteiger partial charge in [0.05, 0.1) is 13.2 Å². The van der Waals surface area contributed by atoms with Crippen molar-refractivity contribution in [3.8, 4) is 22.8 Å². The summed E-state index contributed by atoms with van der Waals surface area (Å²) >= 11 is 0. The normalized spacial score (nSPS) is 25.5. The van der Waals surface area contributed by atoms with Crippen molar-refractivity contribution in [3.63, 3.8) is 0 Å². The molecule has 2 aromatic carbocycles. The van der Waals surface area contributed by atoms with E-state index in [-0.39, 0.29) is 28.0 Å². The van der Waals surface area contributed by atoms with Crippen LogP contribution < -0.4 is 14.9 Å². The molecule has 1 aliphatic rings. The summed E-state index contributed by atoms with van der Waals surface area (Å²) in [5, 5.41) is 30.2. The highest BCUT2D eigenvalue weighted by Gasteiger charge is 2.43. The fraction of sp³-hybridized carbons (Fsp3) is 0.304. The Morgan fingerprint density at radius 1 is 1.00 bits per heavy atom. The number of carbonyl (C=O) groups excluding carboxylic acids is 1. The summed E-state index contributed by atoms with van der Waals surface area (Å²) in [6.07, 6.45) is -6.05. The van der Waals surface area contributed by atoms with E-state index in [9.17, 15) is 24.9 Å². The van der Waals surface area contributed by atoms with Crippen LogP contribution in [0.25, 0.3) is 22.3 Å². The van der Waals surface area contributed by atoms with E-state index < -0.39 is 36.1 Å². The van der Waals surface area contributed by atoms with E-state index in [1.54, 1.807) is 31.4 Å². The largest absolute Gasteiger partial charge is 0.497 e. The summed E-state index contributed by atoms with van der Waals surface area (Å²) in [6, 6.07) is 10.9. The Hall–Kier alpha value is -3.24. The van der Waals surface area contributed by atoms with Gasteiger partial charge in [0.15, 0.2) is 5.43 Å². The Kier molecular flexibility index (Phi) is 5.98. The van der Waals surface area contributed by atoms with Gasteiger partial charge in [0, 0.05) is 17.2 Å². The molecule has 0 aliphatic carbocycles. The summed E-state index contributed by atoms with van der Waals surface area (Å²) in [5.74, 6) is 0.864. The molecule has 0 radical (unpaired) electrons. The quantitative estimate of drug-likeness (QED) is 0.502. The molecule has 2 heterocycles. The third kappa shape index (κ3) is 3.98. The van der Waals surface area contributed by atoms with Gasteiger partial charge in [-0.1, -0.05) is 0 Å². The second-order valence-corrected chi connectivity index (χ2v) is 7.51. The molecule has 5 atom stereocenters. The number of aldehydes is 1. The zero-order valence-electron chi connectivity index (χ0n) is 17.3. The second kappa shape index (κ2) is 8.71. The number of ether oxygens (including phenoxy) is 3.